The van der Waals surface area contributed by atoms with Gasteiger partial charge in [-0.25, -0.2) is 4.98 Å². The Bertz CT molecular complexity index is 1270. The van der Waals surface area contributed by atoms with E-state index in [9.17, 15) is 13.6 Å². The molecule has 182 valence electrons. The third kappa shape index (κ3) is 4.13. The molecule has 0 N–H and O–H groups in total. The Morgan fingerprint density at radius 2 is 1.22 bits per heavy atom. The Hall–Kier alpha value is -4.06. The molecule has 0 atom stereocenters. The average Bonchev–Trinajstić information content (AvgIpc) is 3.32. The minimum absolute atomic E-state index is 0.130. The predicted molar refractivity (Wildman–Crippen MR) is 136 cm³/mol. The van der Waals surface area contributed by atoms with Crippen LogP contribution in [0.4, 0.5) is 8.78 Å². The first-order chi connectivity index (χ1) is 17.5. The molecular formula is C30H27F2N3O. The highest BCUT2D eigenvalue weighted by molar-refractivity contribution is 5.91. The third-order valence-corrected chi connectivity index (χ3v) is 6.88. The fraction of sp³-hybridized carbons (Fsp3) is 0.200. The molecule has 0 spiro atoms. The highest BCUT2D eigenvalue weighted by Crippen LogP contribution is 2.42. The van der Waals surface area contributed by atoms with Gasteiger partial charge in [-0.2, -0.15) is 8.78 Å². The molecule has 0 unspecified atom stereocenters. The fourth-order valence-corrected chi connectivity index (χ4v) is 5.17. The third-order valence-electron chi connectivity index (χ3n) is 6.88. The summed E-state index contributed by atoms with van der Waals surface area (Å²) in [5, 5.41) is 0. The van der Waals surface area contributed by atoms with E-state index < -0.39 is 11.6 Å². The summed E-state index contributed by atoms with van der Waals surface area (Å²) >= 11 is 0. The second-order valence-corrected chi connectivity index (χ2v) is 9.04. The van der Waals surface area contributed by atoms with Crippen molar-refractivity contribution in [3.05, 3.63) is 137 Å². The van der Waals surface area contributed by atoms with E-state index in [0.717, 1.165) is 16.7 Å². The van der Waals surface area contributed by atoms with Crippen LogP contribution in [0.1, 0.15) is 45.8 Å². The fourth-order valence-electron chi connectivity index (χ4n) is 5.17. The number of amides is 1. The van der Waals surface area contributed by atoms with Crippen molar-refractivity contribution in [2.24, 2.45) is 0 Å². The zero-order valence-electron chi connectivity index (χ0n) is 20.1. The topological polar surface area (TPSA) is 38.1 Å². The molecule has 4 nitrogen and oxygen atoms in total. The van der Waals surface area contributed by atoms with E-state index in [-0.39, 0.29) is 43.2 Å². The van der Waals surface area contributed by atoms with Gasteiger partial charge in [0.2, 0.25) is 5.82 Å². The first kappa shape index (κ1) is 23.7. The number of carbonyl (C=O) groups is 1. The van der Waals surface area contributed by atoms with Crippen LogP contribution < -0.4 is 0 Å². The molecule has 1 aliphatic rings. The minimum Gasteiger partial charge on any atom is -0.335 e. The van der Waals surface area contributed by atoms with Crippen molar-refractivity contribution < 1.29 is 13.6 Å². The number of hydrogen-bond acceptors (Lipinski definition) is 2. The summed E-state index contributed by atoms with van der Waals surface area (Å²) < 4.78 is 28.2. The number of piperidine rings is 1. The van der Waals surface area contributed by atoms with Gasteiger partial charge in [0.05, 0.1) is 5.69 Å². The van der Waals surface area contributed by atoms with Gasteiger partial charge in [0.25, 0.3) is 12.0 Å². The second kappa shape index (κ2) is 9.90. The van der Waals surface area contributed by atoms with Crippen molar-refractivity contribution in [3.8, 4) is 0 Å². The first-order valence-electron chi connectivity index (χ1n) is 12.1. The van der Waals surface area contributed by atoms with Crippen molar-refractivity contribution in [1.29, 1.82) is 0 Å². The van der Waals surface area contributed by atoms with E-state index in [1.807, 2.05) is 72.3 Å². The van der Waals surface area contributed by atoms with Gasteiger partial charge >= 0.3 is 0 Å². The van der Waals surface area contributed by atoms with E-state index in [4.69, 9.17) is 4.98 Å². The maximum atomic E-state index is 13.9. The highest BCUT2D eigenvalue weighted by Gasteiger charge is 2.41. The molecule has 5 rings (SSSR count). The Labute approximate surface area is 209 Å². The van der Waals surface area contributed by atoms with E-state index in [1.54, 1.807) is 4.90 Å². The standard InChI is InChI=1S/C30H27F2N3O/c1-22-21-35(28(33-22)29(36)34-19-17-23(18-20-34)27(31)32)30(24-11-5-2-6-12-24,25-13-7-3-8-14-25)26-15-9-4-10-16-26/h2-16,21H,17-20H2,1H3. The van der Waals surface area contributed by atoms with Crippen LogP contribution in [0.5, 0.6) is 0 Å². The number of imidazole rings is 1. The summed E-state index contributed by atoms with van der Waals surface area (Å²) in [7, 11) is 0. The zero-order chi connectivity index (χ0) is 25.1. The second-order valence-electron chi connectivity index (χ2n) is 9.04. The first-order valence-corrected chi connectivity index (χ1v) is 12.1. The lowest BCUT2D eigenvalue weighted by molar-refractivity contribution is 0.0720. The van der Waals surface area contributed by atoms with E-state index in [0.29, 0.717) is 5.69 Å². The predicted octanol–water partition coefficient (Wildman–Crippen LogP) is 6.42. The maximum Gasteiger partial charge on any atom is 0.289 e. The number of aromatic nitrogens is 2. The number of benzene rings is 3. The Kier molecular flexibility index (Phi) is 6.51. The number of aryl methyl sites for hydroxylation is 1. The minimum atomic E-state index is -1.63. The zero-order valence-corrected chi connectivity index (χ0v) is 20.1. The molecule has 0 saturated carbocycles. The van der Waals surface area contributed by atoms with Crippen molar-refractivity contribution >= 4 is 5.91 Å². The van der Waals surface area contributed by atoms with Crippen LogP contribution in [0.15, 0.2) is 109 Å². The van der Waals surface area contributed by atoms with Gasteiger partial charge in [-0.3, -0.25) is 4.79 Å². The van der Waals surface area contributed by atoms with Crippen LogP contribution >= 0.6 is 0 Å². The normalized spacial score (nSPS) is 14.1. The van der Waals surface area contributed by atoms with Gasteiger partial charge in [0.15, 0.2) is 0 Å². The number of hydrogen-bond donors (Lipinski definition) is 0. The molecule has 1 fully saturated rings. The molecule has 36 heavy (non-hydrogen) atoms. The number of likely N-dealkylation sites (tertiary alicyclic amines) is 1. The van der Waals surface area contributed by atoms with Crippen molar-refractivity contribution in [2.45, 2.75) is 25.3 Å². The van der Waals surface area contributed by atoms with Crippen LogP contribution in [-0.4, -0.2) is 33.4 Å². The molecule has 3 aromatic carbocycles. The number of carbonyl (C=O) groups excluding carboxylic acids is 1. The molecule has 1 amide bonds. The van der Waals surface area contributed by atoms with E-state index in [1.165, 1.54) is 0 Å². The van der Waals surface area contributed by atoms with Crippen molar-refractivity contribution in [2.75, 3.05) is 13.1 Å². The van der Waals surface area contributed by atoms with Gasteiger partial charge in [-0.05, 0) is 42.0 Å². The number of rotatable bonds is 5. The van der Waals surface area contributed by atoms with Gasteiger partial charge < -0.3 is 9.47 Å². The molecule has 1 saturated heterocycles. The molecule has 0 aliphatic carbocycles. The summed E-state index contributed by atoms with van der Waals surface area (Å²) in [6.07, 6.45) is 0.636. The van der Waals surface area contributed by atoms with Crippen LogP contribution in [0.3, 0.4) is 0 Å². The molecule has 0 radical (unpaired) electrons. The Morgan fingerprint density at radius 3 is 1.64 bits per heavy atom. The van der Waals surface area contributed by atoms with E-state index in [2.05, 4.69) is 36.4 Å². The average molecular weight is 484 g/mol. The molecule has 6 heteroatoms. The van der Waals surface area contributed by atoms with Crippen LogP contribution in [0.2, 0.25) is 0 Å². The van der Waals surface area contributed by atoms with Crippen LogP contribution in [0, 0.1) is 6.92 Å². The summed E-state index contributed by atoms with van der Waals surface area (Å²) in [6, 6.07) is 30.2. The largest absolute Gasteiger partial charge is 0.335 e. The quantitative estimate of drug-likeness (QED) is 0.307. The summed E-state index contributed by atoms with van der Waals surface area (Å²) in [4.78, 5) is 20.2. The molecule has 1 aliphatic heterocycles. The van der Waals surface area contributed by atoms with Crippen molar-refractivity contribution in [1.82, 2.24) is 14.5 Å². The summed E-state index contributed by atoms with van der Waals surface area (Å²) in [6.45, 7) is 2.35. The molecule has 0 bridgehead atoms. The number of halogens is 2. The summed E-state index contributed by atoms with van der Waals surface area (Å²) in [5.74, 6) is 0.0331. The lowest BCUT2D eigenvalue weighted by Gasteiger charge is -2.39. The summed E-state index contributed by atoms with van der Waals surface area (Å²) in [5.41, 5.74) is 2.91. The lowest BCUT2D eigenvalue weighted by Crippen LogP contribution is -2.43. The smallest absolute Gasteiger partial charge is 0.289 e. The highest BCUT2D eigenvalue weighted by atomic mass is 19.3. The van der Waals surface area contributed by atoms with Crippen LogP contribution in [-0.2, 0) is 5.54 Å². The SMILES string of the molecule is Cc1cn(C(c2ccccc2)(c2ccccc2)c2ccccc2)c(C(=O)N2CCC(=C(F)F)CC2)n1. The van der Waals surface area contributed by atoms with Crippen molar-refractivity contribution in [3.63, 3.8) is 0 Å². The molecule has 1 aromatic heterocycles. The Balaban J connectivity index is 1.73. The van der Waals surface area contributed by atoms with Gasteiger partial charge in [0, 0.05) is 19.3 Å². The molecule has 4 aromatic rings. The monoisotopic (exact) mass is 483 g/mol. The van der Waals surface area contributed by atoms with Gasteiger partial charge in [-0.1, -0.05) is 91.0 Å². The lowest BCUT2D eigenvalue weighted by atomic mass is 9.76. The maximum absolute atomic E-state index is 13.9. The van der Waals surface area contributed by atoms with Crippen LogP contribution in [0.25, 0.3) is 0 Å². The van der Waals surface area contributed by atoms with Gasteiger partial charge in [-0.15, -0.1) is 0 Å². The van der Waals surface area contributed by atoms with E-state index >= 15 is 0 Å². The Morgan fingerprint density at radius 1 is 0.778 bits per heavy atom. The van der Waals surface area contributed by atoms with Gasteiger partial charge in [0.1, 0.15) is 5.54 Å². The molecule has 2 heterocycles. The number of nitrogens with zero attached hydrogens (tertiary/aromatic N) is 3. The molecular weight excluding hydrogens is 456 g/mol.